The van der Waals surface area contributed by atoms with Gasteiger partial charge in [0, 0.05) is 22.8 Å². The lowest BCUT2D eigenvalue weighted by atomic mass is 10.1. The highest BCUT2D eigenvalue weighted by molar-refractivity contribution is 7.92. The summed E-state index contributed by atoms with van der Waals surface area (Å²) in [6.45, 7) is 0. The van der Waals surface area contributed by atoms with E-state index in [2.05, 4.69) is 10.0 Å². The van der Waals surface area contributed by atoms with Crippen LogP contribution < -0.4 is 14.8 Å². The van der Waals surface area contributed by atoms with Crippen molar-refractivity contribution in [2.24, 2.45) is 0 Å². The zero-order chi connectivity index (χ0) is 22.4. The lowest BCUT2D eigenvalue weighted by Crippen LogP contribution is -2.16. The van der Waals surface area contributed by atoms with Gasteiger partial charge in [0.15, 0.2) is 0 Å². The molecule has 0 saturated heterocycles. The fourth-order valence-electron chi connectivity index (χ4n) is 2.82. The Labute approximate surface area is 185 Å². The second kappa shape index (κ2) is 9.80. The van der Waals surface area contributed by atoms with Gasteiger partial charge < -0.3 is 10.1 Å². The lowest BCUT2D eigenvalue weighted by Gasteiger charge is -2.14. The fourth-order valence-corrected chi connectivity index (χ4v) is 4.21. The van der Waals surface area contributed by atoms with Gasteiger partial charge in [-0.25, -0.2) is 12.8 Å². The quantitative estimate of drug-likeness (QED) is 0.500. The number of methoxy groups -OCH3 is 1. The number of carbonyl (C=O) groups excluding carboxylic acids is 1. The number of amides is 1. The zero-order valence-electron chi connectivity index (χ0n) is 16.6. The van der Waals surface area contributed by atoms with Crippen LogP contribution >= 0.6 is 11.6 Å². The molecule has 1 amide bonds. The van der Waals surface area contributed by atoms with E-state index in [1.807, 2.05) is 0 Å². The van der Waals surface area contributed by atoms with Crippen LogP contribution in [-0.4, -0.2) is 21.4 Å². The third kappa shape index (κ3) is 6.19. The number of rotatable bonds is 8. The Morgan fingerprint density at radius 1 is 1.00 bits per heavy atom. The number of aryl methyl sites for hydroxylation is 1. The molecule has 0 atom stereocenters. The van der Waals surface area contributed by atoms with Gasteiger partial charge in [0.2, 0.25) is 5.91 Å². The number of hydrogen-bond acceptors (Lipinski definition) is 4. The monoisotopic (exact) mass is 462 g/mol. The number of nitrogens with one attached hydrogen (secondary N) is 2. The van der Waals surface area contributed by atoms with Gasteiger partial charge in [-0.15, -0.1) is 0 Å². The summed E-state index contributed by atoms with van der Waals surface area (Å²) in [6.07, 6.45) is 0.578. The number of hydrogen-bond donors (Lipinski definition) is 2. The molecule has 0 aliphatic rings. The molecule has 9 heteroatoms. The molecule has 3 aromatic carbocycles. The molecule has 3 aromatic rings. The number of sulfonamides is 1. The van der Waals surface area contributed by atoms with Gasteiger partial charge in [0.1, 0.15) is 16.5 Å². The van der Waals surface area contributed by atoms with Crippen LogP contribution in [0.5, 0.6) is 5.75 Å². The van der Waals surface area contributed by atoms with Crippen molar-refractivity contribution in [3.05, 3.63) is 83.1 Å². The number of halogens is 2. The smallest absolute Gasteiger partial charge is 0.265 e. The van der Waals surface area contributed by atoms with Crippen LogP contribution in [0.3, 0.4) is 0 Å². The SMILES string of the molecule is COc1ccc(NC(=O)CCc2ccc(F)cc2)cc1S(=O)(=O)Nc1ccc(Cl)cc1. The van der Waals surface area contributed by atoms with Crippen molar-refractivity contribution in [3.63, 3.8) is 0 Å². The Bertz CT molecular complexity index is 1170. The van der Waals surface area contributed by atoms with Crippen molar-refractivity contribution < 1.29 is 22.3 Å². The molecule has 0 aliphatic carbocycles. The first-order valence-electron chi connectivity index (χ1n) is 9.27. The van der Waals surface area contributed by atoms with Crippen LogP contribution in [0.1, 0.15) is 12.0 Å². The predicted molar refractivity (Wildman–Crippen MR) is 119 cm³/mol. The van der Waals surface area contributed by atoms with Gasteiger partial charge in [-0.05, 0) is 66.6 Å². The molecule has 0 bridgehead atoms. The first-order valence-corrected chi connectivity index (χ1v) is 11.1. The normalized spacial score (nSPS) is 11.1. The van der Waals surface area contributed by atoms with E-state index >= 15 is 0 Å². The van der Waals surface area contributed by atoms with E-state index in [0.29, 0.717) is 22.8 Å². The first kappa shape index (κ1) is 22.6. The molecule has 0 saturated carbocycles. The minimum absolute atomic E-state index is 0.124. The molecular weight excluding hydrogens is 443 g/mol. The maximum atomic E-state index is 13.0. The van der Waals surface area contributed by atoms with E-state index in [1.165, 1.54) is 43.5 Å². The molecule has 0 unspecified atom stereocenters. The molecule has 31 heavy (non-hydrogen) atoms. The molecule has 0 heterocycles. The number of carbonyl (C=O) groups is 1. The third-order valence-electron chi connectivity index (χ3n) is 4.39. The highest BCUT2D eigenvalue weighted by Crippen LogP contribution is 2.29. The molecule has 2 N–H and O–H groups in total. The lowest BCUT2D eigenvalue weighted by molar-refractivity contribution is -0.116. The number of anilines is 2. The molecule has 0 aromatic heterocycles. The van der Waals surface area contributed by atoms with Gasteiger partial charge in [-0.1, -0.05) is 23.7 Å². The summed E-state index contributed by atoms with van der Waals surface area (Å²) in [5.74, 6) is -0.512. The van der Waals surface area contributed by atoms with Crippen molar-refractivity contribution in [1.29, 1.82) is 0 Å². The summed E-state index contributed by atoms with van der Waals surface area (Å²) in [4.78, 5) is 12.2. The van der Waals surface area contributed by atoms with Crippen molar-refractivity contribution >= 4 is 38.9 Å². The van der Waals surface area contributed by atoms with Crippen LogP contribution in [0.15, 0.2) is 71.6 Å². The largest absolute Gasteiger partial charge is 0.495 e. The Kier molecular flexibility index (Phi) is 7.14. The van der Waals surface area contributed by atoms with E-state index in [9.17, 15) is 17.6 Å². The Balaban J connectivity index is 1.73. The van der Waals surface area contributed by atoms with Gasteiger partial charge in [-0.3, -0.25) is 9.52 Å². The second-order valence-corrected chi connectivity index (χ2v) is 8.74. The molecule has 0 aliphatic heterocycles. The van der Waals surface area contributed by atoms with E-state index in [-0.39, 0.29) is 28.8 Å². The van der Waals surface area contributed by atoms with E-state index in [0.717, 1.165) is 5.56 Å². The van der Waals surface area contributed by atoms with Crippen LogP contribution in [0.25, 0.3) is 0 Å². The van der Waals surface area contributed by atoms with Crippen molar-refractivity contribution in [2.45, 2.75) is 17.7 Å². The highest BCUT2D eigenvalue weighted by atomic mass is 35.5. The average molecular weight is 463 g/mol. The molecule has 6 nitrogen and oxygen atoms in total. The fraction of sp³-hybridized carbons (Fsp3) is 0.136. The van der Waals surface area contributed by atoms with Crippen LogP contribution in [-0.2, 0) is 21.2 Å². The molecule has 0 fully saturated rings. The minimum atomic E-state index is -3.99. The van der Waals surface area contributed by atoms with Gasteiger partial charge in [-0.2, -0.15) is 0 Å². The number of ether oxygens (including phenoxy) is 1. The van der Waals surface area contributed by atoms with Gasteiger partial charge >= 0.3 is 0 Å². The topological polar surface area (TPSA) is 84.5 Å². The molecule has 162 valence electrons. The van der Waals surface area contributed by atoms with Gasteiger partial charge in [0.05, 0.1) is 7.11 Å². The van der Waals surface area contributed by atoms with E-state index in [4.69, 9.17) is 16.3 Å². The first-order chi connectivity index (χ1) is 14.8. The van der Waals surface area contributed by atoms with Crippen molar-refractivity contribution in [2.75, 3.05) is 17.1 Å². The summed E-state index contributed by atoms with van der Waals surface area (Å²) >= 11 is 5.83. The summed E-state index contributed by atoms with van der Waals surface area (Å²) in [7, 11) is -2.63. The maximum absolute atomic E-state index is 13.0. The van der Waals surface area contributed by atoms with Gasteiger partial charge in [0.25, 0.3) is 10.0 Å². The Hall–Kier alpha value is -3.10. The predicted octanol–water partition coefficient (Wildman–Crippen LogP) is 4.86. The summed E-state index contributed by atoms with van der Waals surface area (Å²) < 4.78 is 46.4. The average Bonchev–Trinajstić information content (AvgIpc) is 2.75. The van der Waals surface area contributed by atoms with Crippen LogP contribution in [0, 0.1) is 5.82 Å². The minimum Gasteiger partial charge on any atom is -0.495 e. The van der Waals surface area contributed by atoms with Crippen LogP contribution in [0.2, 0.25) is 5.02 Å². The molecule has 0 spiro atoms. The summed E-state index contributed by atoms with van der Waals surface area (Å²) in [5, 5.41) is 3.16. The Morgan fingerprint density at radius 2 is 1.65 bits per heavy atom. The number of benzene rings is 3. The van der Waals surface area contributed by atoms with Crippen molar-refractivity contribution in [1.82, 2.24) is 0 Å². The maximum Gasteiger partial charge on any atom is 0.265 e. The van der Waals surface area contributed by atoms with Crippen molar-refractivity contribution in [3.8, 4) is 5.75 Å². The summed E-state index contributed by atoms with van der Waals surface area (Å²) in [6, 6.07) is 16.4. The molecule has 0 radical (unpaired) electrons. The standard InChI is InChI=1S/C22H20ClFN2O4S/c1-30-20-12-11-19(25-22(27)13-4-15-2-7-17(24)8-3-15)14-21(20)31(28,29)26-18-9-5-16(23)6-10-18/h2-3,5-12,14,26H,4,13H2,1H3,(H,25,27). The third-order valence-corrected chi connectivity index (χ3v) is 6.04. The zero-order valence-corrected chi connectivity index (χ0v) is 18.1. The van der Waals surface area contributed by atoms with E-state index < -0.39 is 10.0 Å². The second-order valence-electron chi connectivity index (χ2n) is 6.65. The van der Waals surface area contributed by atoms with E-state index in [1.54, 1.807) is 30.3 Å². The summed E-state index contributed by atoms with van der Waals surface area (Å²) in [5.41, 5.74) is 1.46. The highest BCUT2D eigenvalue weighted by Gasteiger charge is 2.21. The molecular formula is C22H20ClFN2O4S. The Morgan fingerprint density at radius 3 is 2.29 bits per heavy atom. The van der Waals surface area contributed by atoms with Crippen LogP contribution in [0.4, 0.5) is 15.8 Å². The molecule has 3 rings (SSSR count).